The van der Waals surface area contributed by atoms with Gasteiger partial charge in [0.05, 0.1) is 7.11 Å². The van der Waals surface area contributed by atoms with Crippen LogP contribution in [0.25, 0.3) is 0 Å². The number of amides is 3. The summed E-state index contributed by atoms with van der Waals surface area (Å²) in [5.74, 6) is -1.07. The van der Waals surface area contributed by atoms with Gasteiger partial charge in [0.2, 0.25) is 11.8 Å². The minimum Gasteiger partial charge on any atom is -0.490 e. The molecule has 0 aromatic rings. The van der Waals surface area contributed by atoms with Crippen LogP contribution in [0.3, 0.4) is 0 Å². The summed E-state index contributed by atoms with van der Waals surface area (Å²) in [6, 6.07) is -0.814. The standard InChI is InChI=1S/C32H46ClN3O7/c1-21(20-22(2)25-17-18-26(41-8)30(39)43-25)12-9-10-14-27(37)36-28(32(4,5)6)29(38)35-19-11-13-24(16-15-23(3)33)42-31(40)34-7/h9-12,14-15,18-20,22,24-25,28H,13,16-17H2,1-8H3,(H,34,40)(H,35,38)(H,36,37). The lowest BCUT2D eigenvalue weighted by atomic mass is 9.86. The zero-order valence-electron chi connectivity index (χ0n) is 26.4. The minimum atomic E-state index is -0.814. The molecule has 0 fully saturated rings. The molecule has 4 unspecified atom stereocenters. The zero-order chi connectivity index (χ0) is 32.6. The van der Waals surface area contributed by atoms with Crippen LogP contribution >= 0.6 is 11.6 Å². The van der Waals surface area contributed by atoms with Crippen LogP contribution in [-0.2, 0) is 28.6 Å². The topological polar surface area (TPSA) is 132 Å². The van der Waals surface area contributed by atoms with Crippen LogP contribution in [0.2, 0.25) is 0 Å². The van der Waals surface area contributed by atoms with Crippen LogP contribution in [0.4, 0.5) is 4.79 Å². The molecule has 10 nitrogen and oxygen atoms in total. The SMILES string of the molecule is CNC(=O)OC(CC=CNC(=O)C(NC(=O)C=CC=CC(C)=CC(C)C1CC=C(OC)C(=O)O1)C(C)(C)C)CC=C(C)Cl. The van der Waals surface area contributed by atoms with Crippen LogP contribution in [0, 0.1) is 11.3 Å². The first-order valence-corrected chi connectivity index (χ1v) is 14.5. The van der Waals surface area contributed by atoms with E-state index < -0.39 is 35.5 Å². The van der Waals surface area contributed by atoms with Crippen molar-refractivity contribution >= 4 is 35.5 Å². The first-order valence-electron chi connectivity index (χ1n) is 14.1. The van der Waals surface area contributed by atoms with Crippen LogP contribution in [0.15, 0.2) is 71.2 Å². The molecule has 3 N–H and O–H groups in total. The lowest BCUT2D eigenvalue weighted by Crippen LogP contribution is -2.52. The van der Waals surface area contributed by atoms with Gasteiger partial charge >= 0.3 is 12.1 Å². The van der Waals surface area contributed by atoms with Gasteiger partial charge in [-0.3, -0.25) is 9.59 Å². The van der Waals surface area contributed by atoms with Gasteiger partial charge in [-0.05, 0) is 31.5 Å². The average Bonchev–Trinajstić information content (AvgIpc) is 2.93. The molecule has 11 heteroatoms. The molecular weight excluding hydrogens is 574 g/mol. The molecule has 0 spiro atoms. The van der Waals surface area contributed by atoms with Crippen molar-refractivity contribution in [1.29, 1.82) is 0 Å². The molecule has 1 aliphatic rings. The van der Waals surface area contributed by atoms with Crippen molar-refractivity contribution in [2.24, 2.45) is 11.3 Å². The number of cyclic esters (lactones) is 1. The van der Waals surface area contributed by atoms with Crippen molar-refractivity contribution in [3.8, 4) is 0 Å². The number of hydrogen-bond acceptors (Lipinski definition) is 7. The van der Waals surface area contributed by atoms with Gasteiger partial charge in [0.1, 0.15) is 18.2 Å². The Balaban J connectivity index is 2.71. The third-order valence-corrected chi connectivity index (χ3v) is 6.50. The summed E-state index contributed by atoms with van der Waals surface area (Å²) in [6.45, 7) is 11.2. The highest BCUT2D eigenvalue weighted by Crippen LogP contribution is 2.23. The van der Waals surface area contributed by atoms with E-state index in [1.807, 2.05) is 46.8 Å². The lowest BCUT2D eigenvalue weighted by molar-refractivity contribution is -0.151. The maximum atomic E-state index is 12.9. The second kappa shape index (κ2) is 18.7. The number of methoxy groups -OCH3 is 1. The summed E-state index contributed by atoms with van der Waals surface area (Å²) in [5.41, 5.74) is 0.368. The number of halogens is 1. The second-order valence-corrected chi connectivity index (χ2v) is 11.8. The first-order chi connectivity index (χ1) is 20.2. The van der Waals surface area contributed by atoms with E-state index in [1.54, 1.807) is 37.3 Å². The average molecular weight is 620 g/mol. The van der Waals surface area contributed by atoms with Crippen molar-refractivity contribution in [3.63, 3.8) is 0 Å². The number of allylic oxidation sites excluding steroid dienone is 5. The van der Waals surface area contributed by atoms with Gasteiger partial charge in [0.25, 0.3) is 0 Å². The Morgan fingerprint density at radius 2 is 1.84 bits per heavy atom. The van der Waals surface area contributed by atoms with Crippen molar-refractivity contribution in [1.82, 2.24) is 16.0 Å². The molecule has 1 rings (SSSR count). The van der Waals surface area contributed by atoms with Crippen LogP contribution in [-0.4, -0.2) is 56.3 Å². The smallest absolute Gasteiger partial charge is 0.407 e. The van der Waals surface area contributed by atoms with Gasteiger partial charge in [-0.2, -0.15) is 0 Å². The van der Waals surface area contributed by atoms with E-state index in [9.17, 15) is 19.2 Å². The summed E-state index contributed by atoms with van der Waals surface area (Å²) in [4.78, 5) is 49.1. The molecule has 43 heavy (non-hydrogen) atoms. The van der Waals surface area contributed by atoms with E-state index in [2.05, 4.69) is 16.0 Å². The van der Waals surface area contributed by atoms with E-state index in [-0.39, 0.29) is 23.7 Å². The van der Waals surface area contributed by atoms with E-state index in [0.717, 1.165) is 5.57 Å². The van der Waals surface area contributed by atoms with Gasteiger partial charge in [-0.15, -0.1) is 0 Å². The highest BCUT2D eigenvalue weighted by molar-refractivity contribution is 6.29. The largest absolute Gasteiger partial charge is 0.490 e. The number of hydrogen-bond donors (Lipinski definition) is 3. The minimum absolute atomic E-state index is 0.0171. The maximum Gasteiger partial charge on any atom is 0.407 e. The number of nitrogens with one attached hydrogen (secondary N) is 3. The summed E-state index contributed by atoms with van der Waals surface area (Å²) in [7, 11) is 2.91. The molecule has 0 radical (unpaired) electrons. The Bertz CT molecular complexity index is 1160. The van der Waals surface area contributed by atoms with E-state index in [4.69, 9.17) is 25.8 Å². The Labute approximate surface area is 260 Å². The Morgan fingerprint density at radius 1 is 1.16 bits per heavy atom. The van der Waals surface area contributed by atoms with Crippen LogP contribution in [0.1, 0.15) is 60.8 Å². The Kier molecular flexibility index (Phi) is 16.2. The number of alkyl carbamates (subject to hydrolysis) is 1. The summed E-state index contributed by atoms with van der Waals surface area (Å²) < 4.78 is 15.7. The number of ether oxygens (including phenoxy) is 3. The summed E-state index contributed by atoms with van der Waals surface area (Å²) in [5, 5.41) is 8.45. The second-order valence-electron chi connectivity index (χ2n) is 11.2. The van der Waals surface area contributed by atoms with E-state index in [0.29, 0.717) is 24.3 Å². The summed E-state index contributed by atoms with van der Waals surface area (Å²) >= 11 is 5.89. The highest BCUT2D eigenvalue weighted by atomic mass is 35.5. The number of carbonyl (C=O) groups is 4. The van der Waals surface area contributed by atoms with Crippen LogP contribution in [0.5, 0.6) is 0 Å². The first kappa shape index (κ1) is 37.2. The third kappa shape index (κ3) is 14.8. The molecule has 0 aromatic heterocycles. The zero-order valence-corrected chi connectivity index (χ0v) is 27.1. The van der Waals surface area contributed by atoms with Crippen molar-refractivity contribution < 1.29 is 33.4 Å². The monoisotopic (exact) mass is 619 g/mol. The fourth-order valence-electron chi connectivity index (χ4n) is 3.97. The maximum absolute atomic E-state index is 12.9. The normalized spacial score (nSPS) is 18.6. The Morgan fingerprint density at radius 3 is 2.42 bits per heavy atom. The number of esters is 1. The van der Waals surface area contributed by atoms with E-state index in [1.165, 1.54) is 26.4 Å². The van der Waals surface area contributed by atoms with Gasteiger partial charge in [0, 0.05) is 43.3 Å². The lowest BCUT2D eigenvalue weighted by Gasteiger charge is -2.29. The number of rotatable bonds is 14. The Hall–Kier alpha value is -3.79. The van der Waals surface area contributed by atoms with E-state index >= 15 is 0 Å². The van der Waals surface area contributed by atoms with Gasteiger partial charge in [-0.25, -0.2) is 9.59 Å². The van der Waals surface area contributed by atoms with Gasteiger partial charge in [0.15, 0.2) is 5.76 Å². The number of carbonyl (C=O) groups excluding carboxylic acids is 4. The molecule has 0 aliphatic carbocycles. The molecular formula is C32H46ClN3O7. The molecule has 4 atom stereocenters. The molecule has 0 aromatic carbocycles. The van der Waals surface area contributed by atoms with Crippen molar-refractivity contribution in [2.75, 3.05) is 14.2 Å². The molecule has 0 bridgehead atoms. The molecule has 0 saturated carbocycles. The fraction of sp³-hybridized carbons (Fsp3) is 0.500. The van der Waals surface area contributed by atoms with Crippen molar-refractivity contribution in [2.45, 2.75) is 79.1 Å². The molecule has 238 valence electrons. The van der Waals surface area contributed by atoms with Gasteiger partial charge in [-0.1, -0.05) is 81.3 Å². The van der Waals surface area contributed by atoms with Gasteiger partial charge < -0.3 is 30.2 Å². The molecule has 0 saturated heterocycles. The quantitative estimate of drug-likeness (QED) is 0.136. The molecule has 3 amide bonds. The highest BCUT2D eigenvalue weighted by Gasteiger charge is 2.32. The molecule has 1 aliphatic heterocycles. The van der Waals surface area contributed by atoms with Crippen molar-refractivity contribution in [3.05, 3.63) is 71.2 Å². The summed E-state index contributed by atoms with van der Waals surface area (Å²) in [6.07, 6.45) is 15.2. The predicted octanol–water partition coefficient (Wildman–Crippen LogP) is 5.34. The van der Waals surface area contributed by atoms with Crippen LogP contribution < -0.4 is 16.0 Å². The third-order valence-electron chi connectivity index (χ3n) is 6.34. The molecule has 1 heterocycles. The fourth-order valence-corrected chi connectivity index (χ4v) is 4.06. The predicted molar refractivity (Wildman–Crippen MR) is 168 cm³/mol.